The predicted octanol–water partition coefficient (Wildman–Crippen LogP) is 3.96. The van der Waals surface area contributed by atoms with E-state index in [0.29, 0.717) is 17.3 Å². The maximum atomic E-state index is 7.16. The lowest BCUT2D eigenvalue weighted by Crippen LogP contribution is -2.00. The van der Waals surface area contributed by atoms with Crippen molar-refractivity contribution in [2.75, 3.05) is 14.1 Å². The number of aromatic nitrogens is 1. The van der Waals surface area contributed by atoms with Gasteiger partial charge in [-0.3, -0.25) is 0 Å². The van der Waals surface area contributed by atoms with Gasteiger partial charge < -0.3 is 9.64 Å². The Bertz CT molecular complexity index is 643. The molecule has 0 saturated heterocycles. The molecule has 4 nitrogen and oxygen atoms in total. The first-order valence-electron chi connectivity index (χ1n) is 6.15. The molecular formula is C16H15N3O. The first-order valence-corrected chi connectivity index (χ1v) is 6.15. The minimum Gasteiger partial charge on any atom is -0.439 e. The van der Waals surface area contributed by atoms with Crippen LogP contribution in [-0.4, -0.2) is 24.0 Å². The van der Waals surface area contributed by atoms with E-state index in [4.69, 9.17) is 11.3 Å². The number of pyridine rings is 1. The monoisotopic (exact) mass is 265 g/mol. The smallest absolute Gasteiger partial charge is 0.217 e. The maximum absolute atomic E-state index is 7.16. The van der Waals surface area contributed by atoms with Crippen LogP contribution >= 0.6 is 0 Å². The second-order valence-corrected chi connectivity index (χ2v) is 4.36. The highest BCUT2D eigenvalue weighted by Gasteiger charge is 2.05. The third-order valence-corrected chi connectivity index (χ3v) is 2.49. The summed E-state index contributed by atoms with van der Waals surface area (Å²) in [7, 11) is 3.83. The van der Waals surface area contributed by atoms with E-state index in [9.17, 15) is 0 Å². The van der Waals surface area contributed by atoms with Gasteiger partial charge in [0.25, 0.3) is 0 Å². The Morgan fingerprint density at radius 1 is 1.15 bits per heavy atom. The van der Waals surface area contributed by atoms with Crippen molar-refractivity contribution in [3.05, 3.63) is 65.8 Å². The minimum atomic E-state index is 0.474. The van der Waals surface area contributed by atoms with Gasteiger partial charge in [-0.15, -0.1) is 0 Å². The maximum Gasteiger partial charge on any atom is 0.217 e. The van der Waals surface area contributed by atoms with Gasteiger partial charge in [0, 0.05) is 14.1 Å². The number of hydrogen-bond acceptors (Lipinski definition) is 3. The van der Waals surface area contributed by atoms with Crippen LogP contribution in [0.3, 0.4) is 0 Å². The number of para-hydroxylation sites is 1. The van der Waals surface area contributed by atoms with Gasteiger partial charge in [0.05, 0.1) is 12.3 Å². The summed E-state index contributed by atoms with van der Waals surface area (Å²) >= 11 is 0. The molecule has 0 aliphatic heterocycles. The van der Waals surface area contributed by atoms with Crippen LogP contribution in [-0.2, 0) is 0 Å². The Morgan fingerprint density at radius 3 is 2.55 bits per heavy atom. The van der Waals surface area contributed by atoms with Crippen LogP contribution in [0, 0.1) is 6.57 Å². The van der Waals surface area contributed by atoms with E-state index in [1.54, 1.807) is 18.2 Å². The molecule has 0 aliphatic rings. The van der Waals surface area contributed by atoms with E-state index in [-0.39, 0.29) is 0 Å². The molecule has 1 aromatic heterocycles. The standard InChI is InChI=1S/C16H15N3O/c1-17-14-9-10-16(18-15(14)11-12-19(2)3)20-13-7-5-4-6-8-13/h4-12H,2-3H3/b12-11+. The quantitative estimate of drug-likeness (QED) is 0.784. The molecule has 2 aromatic rings. The lowest BCUT2D eigenvalue weighted by molar-refractivity contribution is 0.463. The highest BCUT2D eigenvalue weighted by molar-refractivity contribution is 5.64. The van der Waals surface area contributed by atoms with Crippen molar-refractivity contribution in [3.8, 4) is 11.6 Å². The van der Waals surface area contributed by atoms with Crippen LogP contribution in [0.25, 0.3) is 10.9 Å². The molecule has 1 aromatic carbocycles. The summed E-state index contributed by atoms with van der Waals surface area (Å²) in [5.41, 5.74) is 1.10. The average Bonchev–Trinajstić information content (AvgIpc) is 2.46. The number of hydrogen-bond donors (Lipinski definition) is 0. The van der Waals surface area contributed by atoms with Crippen LogP contribution in [0.2, 0.25) is 0 Å². The highest BCUT2D eigenvalue weighted by atomic mass is 16.5. The fourth-order valence-electron chi connectivity index (χ4n) is 1.55. The molecule has 4 heteroatoms. The van der Waals surface area contributed by atoms with Crippen molar-refractivity contribution in [2.24, 2.45) is 0 Å². The molecule has 0 spiro atoms. The summed E-state index contributed by atoms with van der Waals surface area (Å²) in [4.78, 5) is 9.71. The molecule has 0 bridgehead atoms. The Labute approximate surface area is 118 Å². The van der Waals surface area contributed by atoms with Crippen molar-refractivity contribution in [3.63, 3.8) is 0 Å². The zero-order valence-electron chi connectivity index (χ0n) is 11.4. The van der Waals surface area contributed by atoms with Crippen molar-refractivity contribution in [1.82, 2.24) is 9.88 Å². The molecule has 0 radical (unpaired) electrons. The Hall–Kier alpha value is -2.80. The van der Waals surface area contributed by atoms with Crippen molar-refractivity contribution < 1.29 is 4.74 Å². The summed E-state index contributed by atoms with van der Waals surface area (Å²) in [5, 5.41) is 0. The summed E-state index contributed by atoms with van der Waals surface area (Å²) in [5.74, 6) is 1.19. The van der Waals surface area contributed by atoms with Gasteiger partial charge in [0.15, 0.2) is 0 Å². The van der Waals surface area contributed by atoms with E-state index in [0.717, 1.165) is 5.75 Å². The van der Waals surface area contributed by atoms with Crippen molar-refractivity contribution in [2.45, 2.75) is 0 Å². The van der Waals surface area contributed by atoms with Gasteiger partial charge in [0.2, 0.25) is 11.6 Å². The van der Waals surface area contributed by atoms with Gasteiger partial charge in [-0.25, -0.2) is 9.83 Å². The first kappa shape index (κ1) is 13.6. The van der Waals surface area contributed by atoms with E-state index >= 15 is 0 Å². The van der Waals surface area contributed by atoms with E-state index < -0.39 is 0 Å². The highest BCUT2D eigenvalue weighted by Crippen LogP contribution is 2.25. The van der Waals surface area contributed by atoms with E-state index in [1.807, 2.05) is 55.5 Å². The van der Waals surface area contributed by atoms with Crippen LogP contribution in [0.15, 0.2) is 48.7 Å². The molecule has 1 heterocycles. The van der Waals surface area contributed by atoms with E-state index in [2.05, 4.69) is 9.83 Å². The molecule has 2 rings (SSSR count). The fourth-order valence-corrected chi connectivity index (χ4v) is 1.55. The molecule has 0 unspecified atom stereocenters. The second-order valence-electron chi connectivity index (χ2n) is 4.36. The Balaban J connectivity index is 2.28. The topological polar surface area (TPSA) is 29.7 Å². The first-order chi connectivity index (χ1) is 9.69. The minimum absolute atomic E-state index is 0.474. The average molecular weight is 265 g/mol. The second kappa shape index (κ2) is 6.39. The molecule has 20 heavy (non-hydrogen) atoms. The van der Waals surface area contributed by atoms with Crippen molar-refractivity contribution >= 4 is 11.8 Å². The lowest BCUT2D eigenvalue weighted by Gasteiger charge is -2.07. The predicted molar refractivity (Wildman–Crippen MR) is 79.7 cm³/mol. The SMILES string of the molecule is [C-]#[N+]c1ccc(Oc2ccccc2)nc1/C=C/N(C)C. The fraction of sp³-hybridized carbons (Fsp3) is 0.125. The Kier molecular flexibility index (Phi) is 4.35. The third kappa shape index (κ3) is 3.59. The number of rotatable bonds is 4. The molecule has 0 aliphatic carbocycles. The summed E-state index contributed by atoms with van der Waals surface area (Å²) < 4.78 is 5.66. The van der Waals surface area contributed by atoms with Crippen LogP contribution in [0.5, 0.6) is 11.6 Å². The van der Waals surface area contributed by atoms with Gasteiger partial charge in [-0.1, -0.05) is 18.2 Å². The van der Waals surface area contributed by atoms with Crippen molar-refractivity contribution in [1.29, 1.82) is 0 Å². The molecule has 0 saturated carbocycles. The largest absolute Gasteiger partial charge is 0.439 e. The van der Waals surface area contributed by atoms with E-state index in [1.165, 1.54) is 0 Å². The molecule has 0 N–H and O–H groups in total. The summed E-state index contributed by atoms with van der Waals surface area (Å²) in [6.45, 7) is 7.16. The molecule has 0 atom stereocenters. The normalized spacial score (nSPS) is 10.2. The summed E-state index contributed by atoms with van der Waals surface area (Å²) in [6, 6.07) is 12.9. The summed E-state index contributed by atoms with van der Waals surface area (Å²) in [6.07, 6.45) is 3.65. The number of benzene rings is 1. The molecule has 100 valence electrons. The van der Waals surface area contributed by atoms with Gasteiger partial charge in [-0.05, 0) is 36.5 Å². The third-order valence-electron chi connectivity index (χ3n) is 2.49. The van der Waals surface area contributed by atoms with Gasteiger partial charge in [-0.2, -0.15) is 0 Å². The molecule has 0 fully saturated rings. The zero-order valence-corrected chi connectivity index (χ0v) is 11.4. The number of nitrogens with zero attached hydrogens (tertiary/aromatic N) is 3. The number of ether oxygens (including phenoxy) is 1. The molecular weight excluding hydrogens is 250 g/mol. The lowest BCUT2D eigenvalue weighted by atomic mass is 10.3. The zero-order chi connectivity index (χ0) is 14.4. The van der Waals surface area contributed by atoms with Crippen LogP contribution in [0.4, 0.5) is 5.69 Å². The Morgan fingerprint density at radius 2 is 1.90 bits per heavy atom. The van der Waals surface area contributed by atoms with Gasteiger partial charge in [0.1, 0.15) is 5.75 Å². The molecule has 0 amide bonds. The van der Waals surface area contributed by atoms with Crippen LogP contribution in [0.1, 0.15) is 5.69 Å². The van der Waals surface area contributed by atoms with Gasteiger partial charge >= 0.3 is 0 Å². The van der Waals surface area contributed by atoms with Crippen LogP contribution < -0.4 is 4.74 Å².